The Bertz CT molecular complexity index is 513. The summed E-state index contributed by atoms with van der Waals surface area (Å²) >= 11 is 0. The first-order chi connectivity index (χ1) is 10.4. The fourth-order valence-electron chi connectivity index (χ4n) is 4.05. The molecule has 122 valence electrons. The second kappa shape index (κ2) is 5.63. The van der Waals surface area contributed by atoms with Gasteiger partial charge in [0.05, 0.1) is 23.9 Å². The fraction of sp³-hybridized carbons (Fsp3) is 0.684. The average molecular weight is 304 g/mol. The topological polar surface area (TPSA) is 27.7 Å². The molecule has 2 fully saturated rings. The van der Waals surface area contributed by atoms with Gasteiger partial charge in [0.1, 0.15) is 5.60 Å². The highest BCUT2D eigenvalue weighted by molar-refractivity contribution is 5.16. The van der Waals surface area contributed by atoms with Gasteiger partial charge in [0.15, 0.2) is 0 Å². The van der Waals surface area contributed by atoms with Crippen LogP contribution in [0.25, 0.3) is 0 Å². The molecule has 0 N–H and O–H groups in total. The minimum absolute atomic E-state index is 0.140. The van der Waals surface area contributed by atoms with Crippen molar-refractivity contribution in [1.29, 1.82) is 0 Å². The number of hydrogen-bond acceptors (Lipinski definition) is 3. The summed E-state index contributed by atoms with van der Waals surface area (Å²) in [7, 11) is 0. The molecule has 2 aliphatic heterocycles. The van der Waals surface area contributed by atoms with Crippen LogP contribution in [0.1, 0.15) is 52.5 Å². The van der Waals surface area contributed by atoms with Gasteiger partial charge in [-0.3, -0.25) is 0 Å². The maximum absolute atomic E-state index is 6.52. The molecule has 3 heteroatoms. The molecule has 2 bridgehead atoms. The van der Waals surface area contributed by atoms with Crippen LogP contribution in [-0.2, 0) is 20.8 Å². The Balaban J connectivity index is 1.70. The summed E-state index contributed by atoms with van der Waals surface area (Å²) in [6.07, 6.45) is 3.16. The molecule has 0 aromatic heterocycles. The molecule has 22 heavy (non-hydrogen) atoms. The Hall–Kier alpha value is -0.900. The highest BCUT2D eigenvalue weighted by Crippen LogP contribution is 2.57. The van der Waals surface area contributed by atoms with Gasteiger partial charge in [-0.2, -0.15) is 0 Å². The first-order valence-corrected chi connectivity index (χ1v) is 8.40. The van der Waals surface area contributed by atoms with Crippen LogP contribution in [0.15, 0.2) is 30.3 Å². The normalized spacial score (nSPS) is 34.3. The van der Waals surface area contributed by atoms with Gasteiger partial charge in [-0.1, -0.05) is 30.3 Å². The van der Waals surface area contributed by atoms with E-state index < -0.39 is 0 Å². The lowest BCUT2D eigenvalue weighted by molar-refractivity contribution is -0.176. The van der Waals surface area contributed by atoms with Crippen molar-refractivity contribution < 1.29 is 14.2 Å². The molecule has 0 amide bonds. The Labute approximate surface area is 134 Å². The smallest absolute Gasteiger partial charge is 0.100 e. The monoisotopic (exact) mass is 304 g/mol. The molecule has 0 aliphatic carbocycles. The summed E-state index contributed by atoms with van der Waals surface area (Å²) in [6, 6.07) is 10.4. The molecule has 2 saturated heterocycles. The van der Waals surface area contributed by atoms with Crippen molar-refractivity contribution >= 4 is 0 Å². The summed E-state index contributed by atoms with van der Waals surface area (Å²) in [5.74, 6) is 0. The van der Waals surface area contributed by atoms with E-state index >= 15 is 0 Å². The highest BCUT2D eigenvalue weighted by atomic mass is 16.6. The molecule has 0 radical (unpaired) electrons. The number of ether oxygens (including phenoxy) is 3. The van der Waals surface area contributed by atoms with E-state index in [0.29, 0.717) is 13.2 Å². The lowest BCUT2D eigenvalue weighted by Crippen LogP contribution is -2.51. The molecule has 2 heterocycles. The molecular weight excluding hydrogens is 276 g/mol. The quantitative estimate of drug-likeness (QED) is 0.792. The largest absolute Gasteiger partial charge is 0.373 e. The van der Waals surface area contributed by atoms with Crippen LogP contribution in [0.3, 0.4) is 0 Å². The van der Waals surface area contributed by atoms with Gasteiger partial charge in [0, 0.05) is 13.0 Å². The van der Waals surface area contributed by atoms with E-state index in [1.807, 2.05) is 13.0 Å². The number of fused-ring (bicyclic) bond motifs is 2. The lowest BCUT2D eigenvalue weighted by Gasteiger charge is -2.41. The van der Waals surface area contributed by atoms with Crippen molar-refractivity contribution in [1.82, 2.24) is 0 Å². The number of rotatable bonds is 6. The summed E-state index contributed by atoms with van der Waals surface area (Å²) in [4.78, 5) is 0. The van der Waals surface area contributed by atoms with Crippen molar-refractivity contribution in [3.8, 4) is 0 Å². The van der Waals surface area contributed by atoms with Crippen molar-refractivity contribution in [2.24, 2.45) is 0 Å². The van der Waals surface area contributed by atoms with Gasteiger partial charge in [0.25, 0.3) is 0 Å². The van der Waals surface area contributed by atoms with Crippen LogP contribution in [-0.4, -0.2) is 29.5 Å². The number of hydrogen-bond donors (Lipinski definition) is 0. The van der Waals surface area contributed by atoms with E-state index in [0.717, 1.165) is 19.3 Å². The van der Waals surface area contributed by atoms with Gasteiger partial charge in [0.2, 0.25) is 0 Å². The van der Waals surface area contributed by atoms with Crippen LogP contribution in [0.5, 0.6) is 0 Å². The summed E-state index contributed by atoms with van der Waals surface area (Å²) in [5.41, 5.74) is 0.555. The van der Waals surface area contributed by atoms with Crippen LogP contribution in [0, 0.1) is 0 Å². The Morgan fingerprint density at radius 2 is 1.95 bits per heavy atom. The third kappa shape index (κ3) is 2.60. The standard InChI is InChI=1S/C19H28O3/c1-5-21-17(2,3)19-12-11-18(4,22-19)16(13-19)20-14-15-9-7-6-8-10-15/h6-10,16H,5,11-14H2,1-4H3. The Kier molecular flexibility index (Phi) is 4.09. The zero-order valence-electron chi connectivity index (χ0n) is 14.2. The van der Waals surface area contributed by atoms with Gasteiger partial charge in [-0.25, -0.2) is 0 Å². The Morgan fingerprint density at radius 1 is 1.23 bits per heavy atom. The summed E-state index contributed by atoms with van der Waals surface area (Å²) < 4.78 is 18.8. The Morgan fingerprint density at radius 3 is 2.64 bits per heavy atom. The minimum atomic E-state index is -0.273. The van der Waals surface area contributed by atoms with E-state index in [9.17, 15) is 0 Å². The predicted molar refractivity (Wildman–Crippen MR) is 86.8 cm³/mol. The highest BCUT2D eigenvalue weighted by Gasteiger charge is 2.65. The van der Waals surface area contributed by atoms with E-state index in [4.69, 9.17) is 14.2 Å². The molecule has 0 saturated carbocycles. The van der Waals surface area contributed by atoms with Crippen LogP contribution in [0.2, 0.25) is 0 Å². The van der Waals surface area contributed by atoms with E-state index in [1.165, 1.54) is 5.56 Å². The van der Waals surface area contributed by atoms with Gasteiger partial charge < -0.3 is 14.2 Å². The summed E-state index contributed by atoms with van der Waals surface area (Å²) in [5, 5.41) is 0. The van der Waals surface area contributed by atoms with E-state index in [2.05, 4.69) is 45.0 Å². The minimum Gasteiger partial charge on any atom is -0.373 e. The van der Waals surface area contributed by atoms with Crippen LogP contribution >= 0.6 is 0 Å². The first kappa shape index (κ1) is 16.0. The zero-order valence-corrected chi connectivity index (χ0v) is 14.2. The first-order valence-electron chi connectivity index (χ1n) is 8.40. The van der Waals surface area contributed by atoms with Crippen molar-refractivity contribution in [3.63, 3.8) is 0 Å². The van der Waals surface area contributed by atoms with Crippen molar-refractivity contribution in [3.05, 3.63) is 35.9 Å². The van der Waals surface area contributed by atoms with Crippen LogP contribution in [0.4, 0.5) is 0 Å². The van der Waals surface area contributed by atoms with Gasteiger partial charge >= 0.3 is 0 Å². The third-order valence-electron chi connectivity index (χ3n) is 5.55. The second-order valence-electron chi connectivity index (χ2n) is 7.34. The fourth-order valence-corrected chi connectivity index (χ4v) is 4.05. The predicted octanol–water partition coefficient (Wildman–Crippen LogP) is 4.10. The molecule has 3 atom stereocenters. The molecule has 2 aliphatic rings. The molecule has 0 spiro atoms. The molecule has 3 unspecified atom stereocenters. The second-order valence-corrected chi connectivity index (χ2v) is 7.34. The van der Waals surface area contributed by atoms with E-state index in [-0.39, 0.29) is 22.9 Å². The zero-order chi connectivity index (χ0) is 15.8. The van der Waals surface area contributed by atoms with Gasteiger partial charge in [-0.15, -0.1) is 0 Å². The molecule has 1 aromatic carbocycles. The molecular formula is C19H28O3. The molecule has 3 nitrogen and oxygen atoms in total. The maximum atomic E-state index is 6.52. The molecule has 1 aromatic rings. The number of benzene rings is 1. The maximum Gasteiger partial charge on any atom is 0.100 e. The molecule has 3 rings (SSSR count). The van der Waals surface area contributed by atoms with Gasteiger partial charge in [-0.05, 0) is 46.1 Å². The third-order valence-corrected chi connectivity index (χ3v) is 5.55. The SMILES string of the molecule is CCOC(C)(C)C12CCC(C)(O1)C(OCc1ccccc1)C2. The average Bonchev–Trinajstić information content (AvgIpc) is 2.99. The lowest BCUT2D eigenvalue weighted by atomic mass is 9.73. The van der Waals surface area contributed by atoms with Crippen molar-refractivity contribution in [2.75, 3.05) is 6.61 Å². The van der Waals surface area contributed by atoms with Crippen molar-refractivity contribution in [2.45, 2.75) is 76.5 Å². The van der Waals surface area contributed by atoms with E-state index in [1.54, 1.807) is 0 Å². The van der Waals surface area contributed by atoms with Crippen LogP contribution < -0.4 is 0 Å². The summed E-state index contributed by atoms with van der Waals surface area (Å²) in [6.45, 7) is 9.91.